The molecule has 0 fully saturated rings. The van der Waals surface area contributed by atoms with Crippen LogP contribution in [0.3, 0.4) is 0 Å². The largest absolute Gasteiger partial charge is 0.465 e. The van der Waals surface area contributed by atoms with Crippen LogP contribution in [0.2, 0.25) is 0 Å². The van der Waals surface area contributed by atoms with Gasteiger partial charge in [-0.2, -0.15) is 9.98 Å². The third kappa shape index (κ3) is 3.53. The van der Waals surface area contributed by atoms with E-state index in [1.807, 2.05) is 4.72 Å². The third-order valence-corrected chi connectivity index (χ3v) is 3.93. The predicted molar refractivity (Wildman–Crippen MR) is 67.5 cm³/mol. The highest BCUT2D eigenvalue weighted by atomic mass is 32.2. The van der Waals surface area contributed by atoms with Gasteiger partial charge in [0, 0.05) is 0 Å². The second kappa shape index (κ2) is 6.45. The molecule has 0 amide bonds. The molecule has 1 N–H and O–H groups in total. The number of nitrogens with one attached hydrogen (secondary N) is 1. The van der Waals surface area contributed by atoms with Crippen molar-refractivity contribution in [2.24, 2.45) is 0 Å². The summed E-state index contributed by atoms with van der Waals surface area (Å²) < 4.78 is 44.2. The van der Waals surface area contributed by atoms with Crippen molar-refractivity contribution in [3.8, 4) is 6.07 Å². The van der Waals surface area contributed by atoms with Crippen LogP contribution >= 0.6 is 0 Å². The van der Waals surface area contributed by atoms with Gasteiger partial charge >= 0.3 is 5.97 Å². The normalized spacial score (nSPS) is 12.5. The van der Waals surface area contributed by atoms with Crippen LogP contribution in [0.25, 0.3) is 0 Å². The number of carbonyl (C=O) groups is 1. The monoisotopic (exact) mass is 300 g/mol. The highest BCUT2D eigenvalue weighted by Gasteiger charge is 2.26. The van der Waals surface area contributed by atoms with Gasteiger partial charge in [0.15, 0.2) is 0 Å². The number of nitrogens with zero attached hydrogens (tertiary/aromatic N) is 1. The molecule has 0 radical (unpaired) electrons. The highest BCUT2D eigenvalue weighted by Crippen LogP contribution is 2.18. The molecule has 0 aliphatic carbocycles. The minimum absolute atomic E-state index is 0.105. The lowest BCUT2D eigenvalue weighted by molar-refractivity contribution is -0.144. The van der Waals surface area contributed by atoms with Crippen LogP contribution in [-0.4, -0.2) is 27.0 Å². The molecule has 0 heterocycles. The molecule has 1 aromatic carbocycles. The number of nitriles is 1. The second-order valence-electron chi connectivity index (χ2n) is 3.82. The summed E-state index contributed by atoms with van der Waals surface area (Å²) in [5.74, 6) is -1.70. The van der Waals surface area contributed by atoms with E-state index in [-0.39, 0.29) is 6.61 Å². The van der Waals surface area contributed by atoms with E-state index in [1.54, 1.807) is 6.92 Å². The van der Waals surface area contributed by atoms with Crippen LogP contribution in [0, 0.1) is 17.1 Å². The van der Waals surface area contributed by atoms with E-state index in [2.05, 4.69) is 4.74 Å². The lowest BCUT2D eigenvalue weighted by Crippen LogP contribution is -2.39. The number of rotatable bonds is 5. The van der Waals surface area contributed by atoms with Crippen molar-refractivity contribution < 1.29 is 22.3 Å². The van der Waals surface area contributed by atoms with Crippen molar-refractivity contribution in [2.45, 2.75) is 24.8 Å². The summed E-state index contributed by atoms with van der Waals surface area (Å²) in [6.45, 7) is 2.98. The average molecular weight is 300 g/mol. The molecule has 1 aromatic rings. The van der Waals surface area contributed by atoms with E-state index in [4.69, 9.17) is 5.26 Å². The summed E-state index contributed by atoms with van der Waals surface area (Å²) >= 11 is 0. The van der Waals surface area contributed by atoms with E-state index >= 15 is 0 Å². The molecule has 0 saturated carbocycles. The summed E-state index contributed by atoms with van der Waals surface area (Å²) in [5.41, 5.74) is -0.601. The fourth-order valence-corrected chi connectivity index (χ4v) is 2.81. The first kappa shape index (κ1) is 16.1. The van der Waals surface area contributed by atoms with Crippen molar-refractivity contribution >= 4 is 16.0 Å². The number of esters is 1. The first-order chi connectivity index (χ1) is 9.33. The summed E-state index contributed by atoms with van der Waals surface area (Å²) in [6.07, 6.45) is 0. The van der Waals surface area contributed by atoms with Crippen molar-refractivity contribution in [2.75, 3.05) is 6.61 Å². The Morgan fingerprint density at radius 3 is 2.75 bits per heavy atom. The van der Waals surface area contributed by atoms with Gasteiger partial charge in [0.2, 0.25) is 10.0 Å². The van der Waals surface area contributed by atoms with Gasteiger partial charge < -0.3 is 4.74 Å². The molecule has 1 rings (SSSR count). The molecular formula is C12H13FN2O4S. The fourth-order valence-electron chi connectivity index (χ4n) is 1.45. The molecular weight excluding hydrogens is 287 g/mol. The van der Waals surface area contributed by atoms with Crippen molar-refractivity contribution in [1.29, 1.82) is 5.26 Å². The quantitative estimate of drug-likeness (QED) is 0.816. The zero-order chi connectivity index (χ0) is 15.3. The Kier molecular flexibility index (Phi) is 5.19. The maximum atomic E-state index is 13.4. The first-order valence-corrected chi connectivity index (χ1v) is 7.19. The Bertz CT molecular complexity index is 652. The van der Waals surface area contributed by atoms with Crippen molar-refractivity contribution in [1.82, 2.24) is 4.72 Å². The standard InChI is InChI=1S/C12H13FN2O4S/c1-3-19-12(16)8(2)15-20(17,18)11-6-4-5-10(13)9(11)7-14/h4-6,8,15H,3H2,1-2H3. The minimum atomic E-state index is -4.20. The number of carbonyl (C=O) groups excluding carboxylic acids is 1. The molecule has 0 aromatic heterocycles. The van der Waals surface area contributed by atoms with Gasteiger partial charge in [-0.3, -0.25) is 4.79 Å². The van der Waals surface area contributed by atoms with Gasteiger partial charge in [0.05, 0.1) is 6.61 Å². The number of benzene rings is 1. The zero-order valence-corrected chi connectivity index (χ0v) is 11.7. The number of ether oxygens (including phenoxy) is 1. The molecule has 0 bridgehead atoms. The maximum Gasteiger partial charge on any atom is 0.323 e. The topological polar surface area (TPSA) is 96.3 Å². The Labute approximate surface area is 116 Å². The Morgan fingerprint density at radius 2 is 2.20 bits per heavy atom. The van der Waals surface area contributed by atoms with E-state index in [9.17, 15) is 17.6 Å². The predicted octanol–water partition coefficient (Wildman–Crippen LogP) is 0.927. The summed E-state index contributed by atoms with van der Waals surface area (Å²) in [4.78, 5) is 10.9. The molecule has 20 heavy (non-hydrogen) atoms. The van der Waals surface area contributed by atoms with Crippen LogP contribution in [0.4, 0.5) is 4.39 Å². The van der Waals surface area contributed by atoms with E-state index < -0.39 is 38.3 Å². The number of hydrogen-bond acceptors (Lipinski definition) is 5. The highest BCUT2D eigenvalue weighted by molar-refractivity contribution is 7.89. The number of hydrogen-bond donors (Lipinski definition) is 1. The summed E-state index contributed by atoms with van der Waals surface area (Å²) in [6, 6.07) is 3.57. The molecule has 0 aliphatic heterocycles. The van der Waals surface area contributed by atoms with E-state index in [0.717, 1.165) is 12.1 Å². The fraction of sp³-hybridized carbons (Fsp3) is 0.333. The molecule has 1 unspecified atom stereocenters. The van der Waals surface area contributed by atoms with Gasteiger partial charge in [0.1, 0.15) is 28.4 Å². The van der Waals surface area contributed by atoms with Crippen LogP contribution in [0.5, 0.6) is 0 Å². The van der Waals surface area contributed by atoms with Gasteiger partial charge in [0.25, 0.3) is 0 Å². The Balaban J connectivity index is 3.10. The van der Waals surface area contributed by atoms with Crippen molar-refractivity contribution in [3.05, 3.63) is 29.6 Å². The third-order valence-electron chi connectivity index (χ3n) is 2.35. The van der Waals surface area contributed by atoms with Crippen LogP contribution in [0.15, 0.2) is 23.1 Å². The van der Waals surface area contributed by atoms with Gasteiger partial charge in [-0.05, 0) is 26.0 Å². The van der Waals surface area contributed by atoms with E-state index in [1.165, 1.54) is 19.1 Å². The summed E-state index contributed by atoms with van der Waals surface area (Å²) in [7, 11) is -4.20. The maximum absolute atomic E-state index is 13.4. The average Bonchev–Trinajstić information content (AvgIpc) is 2.38. The lowest BCUT2D eigenvalue weighted by atomic mass is 10.2. The first-order valence-electron chi connectivity index (χ1n) is 5.71. The van der Waals surface area contributed by atoms with Crippen LogP contribution in [-0.2, 0) is 19.6 Å². The molecule has 0 aliphatic rings. The van der Waals surface area contributed by atoms with Crippen LogP contribution in [0.1, 0.15) is 19.4 Å². The summed E-state index contributed by atoms with van der Waals surface area (Å²) in [5, 5.41) is 8.82. The van der Waals surface area contributed by atoms with E-state index in [0.29, 0.717) is 0 Å². The molecule has 8 heteroatoms. The lowest BCUT2D eigenvalue weighted by Gasteiger charge is -2.13. The minimum Gasteiger partial charge on any atom is -0.465 e. The van der Waals surface area contributed by atoms with Gasteiger partial charge in [-0.25, -0.2) is 12.8 Å². The van der Waals surface area contributed by atoms with Gasteiger partial charge in [-0.15, -0.1) is 0 Å². The Hall–Kier alpha value is -1.98. The molecule has 0 saturated heterocycles. The second-order valence-corrected chi connectivity index (χ2v) is 5.50. The molecule has 108 valence electrons. The zero-order valence-electron chi connectivity index (χ0n) is 10.9. The van der Waals surface area contributed by atoms with Gasteiger partial charge in [-0.1, -0.05) is 6.07 Å². The molecule has 0 spiro atoms. The smallest absolute Gasteiger partial charge is 0.323 e. The van der Waals surface area contributed by atoms with Crippen molar-refractivity contribution in [3.63, 3.8) is 0 Å². The number of sulfonamides is 1. The SMILES string of the molecule is CCOC(=O)C(C)NS(=O)(=O)c1cccc(F)c1C#N. The molecule has 1 atom stereocenters. The number of halogens is 1. The Morgan fingerprint density at radius 1 is 1.55 bits per heavy atom. The molecule has 6 nitrogen and oxygen atoms in total. The van der Waals surface area contributed by atoms with Crippen LogP contribution < -0.4 is 4.72 Å².